The maximum Gasteiger partial charge on any atom is 0.268 e. The number of hydrogen-bond donors (Lipinski definition) is 2. The predicted octanol–water partition coefficient (Wildman–Crippen LogP) is 3.49. The van der Waals surface area contributed by atoms with Crippen LogP contribution in [0.15, 0.2) is 34.3 Å². The Morgan fingerprint density at radius 3 is 2.73 bits per heavy atom. The normalized spacial score (nSPS) is 11.7. The summed E-state index contributed by atoms with van der Waals surface area (Å²) in [6.07, 6.45) is 1.16. The number of rotatable bonds is 4. The van der Waals surface area contributed by atoms with Crippen molar-refractivity contribution in [3.8, 4) is 0 Å². The smallest absolute Gasteiger partial charge is 0.268 e. The third kappa shape index (κ3) is 4.16. The number of hydrogen-bond acceptors (Lipinski definition) is 6. The SMILES string of the molecule is CC(C)(C)Nc1nc(SCc2cccc(F)c2F)nc2[nH]c(=O)cnc12. The minimum atomic E-state index is -0.897. The van der Waals surface area contributed by atoms with Crippen molar-refractivity contribution in [1.29, 1.82) is 0 Å². The molecule has 136 valence electrons. The first-order valence-corrected chi connectivity index (χ1v) is 8.82. The molecule has 2 N–H and O–H groups in total. The second-order valence-corrected chi connectivity index (χ2v) is 7.62. The Labute approximate surface area is 152 Å². The molecule has 3 rings (SSSR count). The average Bonchev–Trinajstić information content (AvgIpc) is 2.54. The van der Waals surface area contributed by atoms with E-state index in [1.807, 2.05) is 20.8 Å². The molecule has 0 amide bonds. The molecule has 0 atom stereocenters. The second-order valence-electron chi connectivity index (χ2n) is 6.68. The Bertz CT molecular complexity index is 1020. The summed E-state index contributed by atoms with van der Waals surface area (Å²) in [5, 5.41) is 3.54. The van der Waals surface area contributed by atoms with E-state index in [9.17, 15) is 13.6 Å². The molecule has 0 aliphatic heterocycles. The van der Waals surface area contributed by atoms with Gasteiger partial charge in [0.2, 0.25) is 0 Å². The summed E-state index contributed by atoms with van der Waals surface area (Å²) in [6.45, 7) is 5.88. The fourth-order valence-corrected chi connectivity index (χ4v) is 3.04. The average molecular weight is 377 g/mol. The summed E-state index contributed by atoms with van der Waals surface area (Å²) in [7, 11) is 0. The van der Waals surface area contributed by atoms with E-state index < -0.39 is 11.6 Å². The van der Waals surface area contributed by atoms with Gasteiger partial charge in [-0.25, -0.2) is 23.7 Å². The number of aromatic amines is 1. The van der Waals surface area contributed by atoms with Gasteiger partial charge in [0.1, 0.15) is 5.52 Å². The Morgan fingerprint density at radius 1 is 1.23 bits per heavy atom. The molecule has 9 heteroatoms. The van der Waals surface area contributed by atoms with Crippen molar-refractivity contribution in [1.82, 2.24) is 19.9 Å². The topological polar surface area (TPSA) is 83.6 Å². The Balaban J connectivity index is 1.97. The van der Waals surface area contributed by atoms with Crippen LogP contribution in [0.5, 0.6) is 0 Å². The van der Waals surface area contributed by atoms with Crippen LogP contribution in [0.3, 0.4) is 0 Å². The first kappa shape index (κ1) is 18.2. The first-order valence-electron chi connectivity index (χ1n) is 7.84. The van der Waals surface area contributed by atoms with Gasteiger partial charge in [-0.15, -0.1) is 0 Å². The van der Waals surface area contributed by atoms with Crippen LogP contribution in [0.2, 0.25) is 0 Å². The number of benzene rings is 1. The largest absolute Gasteiger partial charge is 0.363 e. The highest BCUT2D eigenvalue weighted by Gasteiger charge is 2.17. The Kier molecular flexibility index (Phi) is 4.90. The highest BCUT2D eigenvalue weighted by atomic mass is 32.2. The molecule has 3 aromatic rings. The third-order valence-electron chi connectivity index (χ3n) is 3.30. The van der Waals surface area contributed by atoms with Crippen LogP contribution in [0.4, 0.5) is 14.6 Å². The van der Waals surface area contributed by atoms with E-state index in [0.717, 1.165) is 24.0 Å². The van der Waals surface area contributed by atoms with Crippen molar-refractivity contribution >= 4 is 28.7 Å². The third-order valence-corrected chi connectivity index (χ3v) is 4.19. The van der Waals surface area contributed by atoms with Crippen LogP contribution < -0.4 is 10.9 Å². The van der Waals surface area contributed by atoms with Gasteiger partial charge >= 0.3 is 0 Å². The van der Waals surface area contributed by atoms with Gasteiger partial charge in [-0.2, -0.15) is 0 Å². The monoisotopic (exact) mass is 377 g/mol. The molecular weight excluding hydrogens is 360 g/mol. The molecule has 0 bridgehead atoms. The van der Waals surface area contributed by atoms with Crippen molar-refractivity contribution in [3.63, 3.8) is 0 Å². The summed E-state index contributed by atoms with van der Waals surface area (Å²) in [5.41, 5.74) is 0.242. The van der Waals surface area contributed by atoms with Gasteiger partial charge < -0.3 is 10.3 Å². The molecule has 1 aromatic carbocycles. The number of nitrogens with one attached hydrogen (secondary N) is 2. The van der Waals surface area contributed by atoms with Gasteiger partial charge in [0.25, 0.3) is 5.56 Å². The van der Waals surface area contributed by atoms with Crippen molar-refractivity contribution in [2.45, 2.75) is 37.2 Å². The quantitative estimate of drug-likeness (QED) is 0.535. The molecule has 2 aromatic heterocycles. The van der Waals surface area contributed by atoms with E-state index in [2.05, 4.69) is 25.3 Å². The van der Waals surface area contributed by atoms with Crippen molar-refractivity contribution in [3.05, 3.63) is 51.9 Å². The zero-order chi connectivity index (χ0) is 18.9. The van der Waals surface area contributed by atoms with Gasteiger partial charge in [0, 0.05) is 16.9 Å². The lowest BCUT2D eigenvalue weighted by Crippen LogP contribution is -2.27. The van der Waals surface area contributed by atoms with Crippen molar-refractivity contribution in [2.24, 2.45) is 0 Å². The molecule has 2 heterocycles. The molecule has 0 aliphatic rings. The van der Waals surface area contributed by atoms with Gasteiger partial charge in [-0.1, -0.05) is 23.9 Å². The van der Waals surface area contributed by atoms with Crippen LogP contribution in [-0.2, 0) is 5.75 Å². The maximum absolute atomic E-state index is 13.8. The summed E-state index contributed by atoms with van der Waals surface area (Å²) >= 11 is 1.14. The number of halogens is 2. The molecule has 0 spiro atoms. The first-order chi connectivity index (χ1) is 12.2. The standard InChI is InChI=1S/C17H17F2N5OS/c1-17(2,3)24-15-13-14(21-11(25)7-20-13)22-16(23-15)26-8-9-5-4-6-10(18)12(9)19/h4-7H,8H2,1-3H3,(H2,21,22,23,24,25). The molecule has 0 saturated carbocycles. The lowest BCUT2D eigenvalue weighted by Gasteiger charge is -2.22. The summed E-state index contributed by atoms with van der Waals surface area (Å²) in [5.74, 6) is -1.18. The van der Waals surface area contributed by atoms with E-state index in [1.165, 1.54) is 12.1 Å². The van der Waals surface area contributed by atoms with Gasteiger partial charge in [-0.05, 0) is 26.8 Å². The molecule has 26 heavy (non-hydrogen) atoms. The molecule has 0 unspecified atom stereocenters. The fourth-order valence-electron chi connectivity index (χ4n) is 2.23. The molecule has 0 saturated heterocycles. The minimum absolute atomic E-state index is 0.147. The van der Waals surface area contributed by atoms with Crippen LogP contribution in [0.25, 0.3) is 11.2 Å². The number of aromatic nitrogens is 4. The highest BCUT2D eigenvalue weighted by Crippen LogP contribution is 2.26. The predicted molar refractivity (Wildman–Crippen MR) is 97.2 cm³/mol. The lowest BCUT2D eigenvalue weighted by atomic mass is 10.1. The maximum atomic E-state index is 13.8. The second kappa shape index (κ2) is 6.99. The van der Waals surface area contributed by atoms with Crippen molar-refractivity contribution < 1.29 is 8.78 Å². The van der Waals surface area contributed by atoms with E-state index >= 15 is 0 Å². The van der Waals surface area contributed by atoms with Crippen LogP contribution >= 0.6 is 11.8 Å². The number of anilines is 1. The minimum Gasteiger partial charge on any atom is -0.363 e. The van der Waals surface area contributed by atoms with Crippen LogP contribution in [-0.4, -0.2) is 25.5 Å². The molecular formula is C17H17F2N5OS. The Morgan fingerprint density at radius 2 is 2.00 bits per heavy atom. The van der Waals surface area contributed by atoms with Gasteiger partial charge in [0.15, 0.2) is 28.3 Å². The van der Waals surface area contributed by atoms with E-state index in [1.54, 1.807) is 0 Å². The highest BCUT2D eigenvalue weighted by molar-refractivity contribution is 7.98. The van der Waals surface area contributed by atoms with Gasteiger partial charge in [0.05, 0.1) is 6.20 Å². The summed E-state index contributed by atoms with van der Waals surface area (Å²) in [4.78, 5) is 27.0. The number of thioether (sulfide) groups is 1. The Hall–Kier alpha value is -2.55. The van der Waals surface area contributed by atoms with E-state index in [4.69, 9.17) is 0 Å². The zero-order valence-corrected chi connectivity index (χ0v) is 15.2. The number of H-pyrrole nitrogens is 1. The summed E-state index contributed by atoms with van der Waals surface area (Å²) < 4.78 is 27.1. The number of fused-ring (bicyclic) bond motifs is 1. The van der Waals surface area contributed by atoms with Crippen LogP contribution in [0.1, 0.15) is 26.3 Å². The van der Waals surface area contributed by atoms with E-state index in [-0.39, 0.29) is 28.1 Å². The zero-order valence-electron chi connectivity index (χ0n) is 14.4. The van der Waals surface area contributed by atoms with E-state index in [0.29, 0.717) is 16.5 Å². The summed E-state index contributed by atoms with van der Waals surface area (Å²) in [6, 6.07) is 4.02. The molecule has 0 aliphatic carbocycles. The number of nitrogens with zero attached hydrogens (tertiary/aromatic N) is 3. The molecule has 0 fully saturated rings. The molecule has 0 radical (unpaired) electrons. The van der Waals surface area contributed by atoms with Crippen molar-refractivity contribution in [2.75, 3.05) is 5.32 Å². The fraction of sp³-hybridized carbons (Fsp3) is 0.294. The van der Waals surface area contributed by atoms with Crippen LogP contribution in [0, 0.1) is 11.6 Å². The van der Waals surface area contributed by atoms with Gasteiger partial charge in [-0.3, -0.25) is 4.79 Å². The lowest BCUT2D eigenvalue weighted by molar-refractivity contribution is 0.502. The molecule has 6 nitrogen and oxygen atoms in total.